The SMILES string of the molecule is CCCCOc1cc(C=CC(=O)c2ccc(SCCC)cc2)cc(OCCCC)c1OCCCC. The number of carbonyl (C=O) groups is 1. The fourth-order valence-corrected chi connectivity index (χ4v) is 3.99. The first-order chi connectivity index (χ1) is 17.1. The number of ketones is 1. The molecule has 0 fully saturated rings. The fraction of sp³-hybridized carbons (Fsp3) is 0.500. The maximum atomic E-state index is 12.8. The van der Waals surface area contributed by atoms with Crippen LogP contribution in [0.5, 0.6) is 17.2 Å². The third-order valence-corrected chi connectivity index (χ3v) is 6.56. The minimum atomic E-state index is -0.0257. The number of thioether (sulfide) groups is 1. The van der Waals surface area contributed by atoms with Gasteiger partial charge >= 0.3 is 0 Å². The third-order valence-electron chi connectivity index (χ3n) is 5.34. The van der Waals surface area contributed by atoms with Crippen LogP contribution >= 0.6 is 11.8 Å². The summed E-state index contributed by atoms with van der Waals surface area (Å²) in [7, 11) is 0. The maximum Gasteiger partial charge on any atom is 0.203 e. The van der Waals surface area contributed by atoms with Gasteiger partial charge in [-0.05, 0) is 79.5 Å². The van der Waals surface area contributed by atoms with E-state index in [1.165, 1.54) is 4.90 Å². The van der Waals surface area contributed by atoms with Crippen LogP contribution in [0.4, 0.5) is 0 Å². The van der Waals surface area contributed by atoms with Crippen LogP contribution in [0.25, 0.3) is 6.08 Å². The molecule has 4 nitrogen and oxygen atoms in total. The van der Waals surface area contributed by atoms with Crippen LogP contribution in [0.2, 0.25) is 0 Å². The quantitative estimate of drug-likeness (QED) is 0.0891. The van der Waals surface area contributed by atoms with Gasteiger partial charge in [0.1, 0.15) is 0 Å². The molecule has 0 radical (unpaired) electrons. The first-order valence-electron chi connectivity index (χ1n) is 13.1. The van der Waals surface area contributed by atoms with Crippen molar-refractivity contribution in [2.24, 2.45) is 0 Å². The second kappa shape index (κ2) is 17.1. The summed E-state index contributed by atoms with van der Waals surface area (Å²) in [5.41, 5.74) is 1.54. The largest absolute Gasteiger partial charge is 0.490 e. The molecule has 0 unspecified atom stereocenters. The van der Waals surface area contributed by atoms with E-state index in [2.05, 4.69) is 27.7 Å². The number of allylic oxidation sites excluding steroid dienone is 1. The highest BCUT2D eigenvalue weighted by Crippen LogP contribution is 2.40. The average molecular weight is 499 g/mol. The van der Waals surface area contributed by atoms with Gasteiger partial charge in [-0.1, -0.05) is 53.0 Å². The Hall–Kier alpha value is -2.40. The van der Waals surface area contributed by atoms with E-state index < -0.39 is 0 Å². The summed E-state index contributed by atoms with van der Waals surface area (Å²) in [5.74, 6) is 3.06. The Labute approximate surface area is 216 Å². The van der Waals surface area contributed by atoms with Crippen LogP contribution in [-0.4, -0.2) is 31.4 Å². The van der Waals surface area contributed by atoms with E-state index in [4.69, 9.17) is 14.2 Å². The zero-order valence-electron chi connectivity index (χ0n) is 21.9. The van der Waals surface area contributed by atoms with E-state index in [0.717, 1.165) is 56.3 Å². The number of hydrogen-bond donors (Lipinski definition) is 0. The summed E-state index contributed by atoms with van der Waals surface area (Å²) >= 11 is 1.81. The maximum absolute atomic E-state index is 12.8. The summed E-state index contributed by atoms with van der Waals surface area (Å²) in [5, 5.41) is 0. The lowest BCUT2D eigenvalue weighted by Gasteiger charge is -2.18. The topological polar surface area (TPSA) is 44.8 Å². The van der Waals surface area contributed by atoms with Crippen LogP contribution in [0, 0.1) is 0 Å². The van der Waals surface area contributed by atoms with E-state index in [1.807, 2.05) is 54.2 Å². The van der Waals surface area contributed by atoms with Gasteiger partial charge < -0.3 is 14.2 Å². The predicted octanol–water partition coefficient (Wildman–Crippen LogP) is 8.62. The summed E-state index contributed by atoms with van der Waals surface area (Å²) in [4.78, 5) is 14.0. The van der Waals surface area contributed by atoms with E-state index >= 15 is 0 Å². The average Bonchev–Trinajstić information content (AvgIpc) is 2.88. The van der Waals surface area contributed by atoms with Gasteiger partial charge in [0, 0.05) is 10.5 Å². The molecule has 0 aliphatic rings. The molecule has 35 heavy (non-hydrogen) atoms. The van der Waals surface area contributed by atoms with Crippen molar-refractivity contribution in [1.82, 2.24) is 0 Å². The molecule has 0 aliphatic heterocycles. The lowest BCUT2D eigenvalue weighted by Crippen LogP contribution is -2.06. The van der Waals surface area contributed by atoms with Crippen LogP contribution in [0.3, 0.4) is 0 Å². The number of carbonyl (C=O) groups excluding carboxylic acids is 1. The normalized spacial score (nSPS) is 11.1. The number of unbranched alkanes of at least 4 members (excludes halogenated alkanes) is 3. The molecule has 0 bridgehead atoms. The number of rotatable bonds is 18. The van der Waals surface area contributed by atoms with Gasteiger partial charge in [-0.25, -0.2) is 0 Å². The first-order valence-corrected chi connectivity index (χ1v) is 14.1. The van der Waals surface area contributed by atoms with Crippen molar-refractivity contribution in [3.8, 4) is 17.2 Å². The Kier molecular flexibility index (Phi) is 14.1. The minimum absolute atomic E-state index is 0.0257. The molecule has 192 valence electrons. The van der Waals surface area contributed by atoms with Crippen molar-refractivity contribution in [3.05, 3.63) is 53.6 Å². The second-order valence-electron chi connectivity index (χ2n) is 8.52. The Bertz CT molecular complexity index is 874. The van der Waals surface area contributed by atoms with Gasteiger partial charge in [-0.3, -0.25) is 4.79 Å². The standard InChI is InChI=1S/C30H42O4S/c1-5-9-18-32-28-22-24(23-29(33-19-10-6-2)30(28)34-20-11-7-3)12-17-27(31)25-13-15-26(16-14-25)35-21-8-4/h12-17,22-23H,5-11,18-21H2,1-4H3. The first kappa shape index (κ1) is 28.8. The van der Waals surface area contributed by atoms with Crippen molar-refractivity contribution >= 4 is 23.6 Å². The Morgan fingerprint density at radius 3 is 1.83 bits per heavy atom. The Morgan fingerprint density at radius 2 is 1.31 bits per heavy atom. The van der Waals surface area contributed by atoms with Gasteiger partial charge in [0.25, 0.3) is 0 Å². The smallest absolute Gasteiger partial charge is 0.203 e. The van der Waals surface area contributed by atoms with Crippen LogP contribution in [0.1, 0.15) is 88.6 Å². The zero-order chi connectivity index (χ0) is 25.3. The number of ether oxygens (including phenoxy) is 3. The molecule has 0 aromatic heterocycles. The molecule has 2 aromatic carbocycles. The number of hydrogen-bond acceptors (Lipinski definition) is 5. The van der Waals surface area contributed by atoms with Crippen molar-refractivity contribution in [2.45, 2.75) is 77.5 Å². The summed E-state index contributed by atoms with van der Waals surface area (Å²) in [6, 6.07) is 11.7. The monoisotopic (exact) mass is 498 g/mol. The van der Waals surface area contributed by atoms with Crippen LogP contribution in [-0.2, 0) is 0 Å². The lowest BCUT2D eigenvalue weighted by molar-refractivity contribution is 0.104. The van der Waals surface area contributed by atoms with E-state index in [-0.39, 0.29) is 5.78 Å². The highest BCUT2D eigenvalue weighted by molar-refractivity contribution is 7.99. The van der Waals surface area contributed by atoms with E-state index in [0.29, 0.717) is 42.6 Å². The summed E-state index contributed by atoms with van der Waals surface area (Å²) in [6.45, 7) is 10.4. The summed E-state index contributed by atoms with van der Waals surface area (Å²) in [6.07, 6.45) is 10.6. The van der Waals surface area contributed by atoms with Gasteiger partial charge in [0.15, 0.2) is 17.3 Å². The van der Waals surface area contributed by atoms with Crippen molar-refractivity contribution in [2.75, 3.05) is 25.6 Å². The zero-order valence-corrected chi connectivity index (χ0v) is 22.8. The van der Waals surface area contributed by atoms with Crippen molar-refractivity contribution in [3.63, 3.8) is 0 Å². The van der Waals surface area contributed by atoms with Gasteiger partial charge in [0.2, 0.25) is 5.75 Å². The highest BCUT2D eigenvalue weighted by Gasteiger charge is 2.15. The van der Waals surface area contributed by atoms with Gasteiger partial charge in [-0.15, -0.1) is 11.8 Å². The summed E-state index contributed by atoms with van der Waals surface area (Å²) < 4.78 is 18.3. The van der Waals surface area contributed by atoms with Crippen LogP contribution < -0.4 is 14.2 Å². The van der Waals surface area contributed by atoms with Crippen molar-refractivity contribution < 1.29 is 19.0 Å². The minimum Gasteiger partial charge on any atom is -0.490 e. The lowest BCUT2D eigenvalue weighted by atomic mass is 10.1. The molecule has 0 heterocycles. The molecule has 0 atom stereocenters. The molecule has 0 aliphatic carbocycles. The molecule has 0 saturated carbocycles. The Morgan fingerprint density at radius 1 is 0.771 bits per heavy atom. The second-order valence-corrected chi connectivity index (χ2v) is 9.69. The van der Waals surface area contributed by atoms with Crippen LogP contribution in [0.15, 0.2) is 47.4 Å². The molecule has 0 spiro atoms. The molecule has 0 N–H and O–H groups in total. The van der Waals surface area contributed by atoms with Gasteiger partial charge in [-0.2, -0.15) is 0 Å². The fourth-order valence-electron chi connectivity index (χ4n) is 3.22. The Balaban J connectivity index is 2.27. The molecule has 2 rings (SSSR count). The molecular formula is C30H42O4S. The van der Waals surface area contributed by atoms with Crippen molar-refractivity contribution in [1.29, 1.82) is 0 Å². The number of benzene rings is 2. The van der Waals surface area contributed by atoms with E-state index in [1.54, 1.807) is 6.08 Å². The highest BCUT2D eigenvalue weighted by atomic mass is 32.2. The molecule has 5 heteroatoms. The van der Waals surface area contributed by atoms with E-state index in [9.17, 15) is 4.79 Å². The predicted molar refractivity (Wildman–Crippen MR) is 148 cm³/mol. The molecule has 0 saturated heterocycles. The third kappa shape index (κ3) is 10.4. The van der Waals surface area contributed by atoms with Gasteiger partial charge in [0.05, 0.1) is 19.8 Å². The molecule has 2 aromatic rings. The molecule has 0 amide bonds. The molecular weight excluding hydrogens is 456 g/mol.